The predicted molar refractivity (Wildman–Crippen MR) is 223 cm³/mol. The van der Waals surface area contributed by atoms with Crippen LogP contribution in [-0.2, 0) is 42.1 Å². The zero-order chi connectivity index (χ0) is 39.6. The number of ether oxygens (including phenoxy) is 4. The van der Waals surface area contributed by atoms with Crippen molar-refractivity contribution in [2.24, 2.45) is 0 Å². The number of carbonyl (C=O) groups excluding carboxylic acids is 2. The largest absolute Gasteiger partial charge is 0.697 e. The van der Waals surface area contributed by atoms with Gasteiger partial charge in [0.1, 0.15) is 37.0 Å². The zero-order valence-electron chi connectivity index (χ0n) is 35.7. The third-order valence-electron chi connectivity index (χ3n) is 10.1. The highest BCUT2D eigenvalue weighted by Crippen LogP contribution is 2.25. The first-order valence-electron chi connectivity index (χ1n) is 22.4. The number of ketones is 2. The lowest BCUT2D eigenvalue weighted by Crippen LogP contribution is -2.25. The van der Waals surface area contributed by atoms with Crippen LogP contribution in [0.4, 0.5) is 0 Å². The lowest BCUT2D eigenvalue weighted by molar-refractivity contribution is -0.120. The lowest BCUT2D eigenvalue weighted by Gasteiger charge is -2.13. The molecule has 10 heteroatoms. The Kier molecular flexibility index (Phi) is 42.7. The molecule has 0 radical (unpaired) electrons. The van der Waals surface area contributed by atoms with Crippen molar-refractivity contribution in [2.75, 3.05) is 53.9 Å². The smallest absolute Gasteiger partial charge is 0.379 e. The second kappa shape index (κ2) is 43.3. The fourth-order valence-electron chi connectivity index (χ4n) is 6.40. The van der Waals surface area contributed by atoms with Crippen LogP contribution >= 0.6 is 8.25 Å². The second-order valence-electron chi connectivity index (χ2n) is 15.2. The van der Waals surface area contributed by atoms with Gasteiger partial charge in [0.15, 0.2) is 0 Å². The van der Waals surface area contributed by atoms with E-state index in [0.717, 1.165) is 77.0 Å². The molecule has 0 aromatic heterocycles. The number of hydrogen-bond acceptors (Lipinski definition) is 9. The zero-order valence-corrected chi connectivity index (χ0v) is 36.6. The van der Waals surface area contributed by atoms with Crippen LogP contribution in [0, 0.1) is 0 Å². The SMILES string of the molecule is CCCCCCC(=O)CCCCCCCCCCCOCC(CO[P+](=O)OCC(COCCCCCCCCCCCC(=O)CCCCCC)OC)OC. The maximum absolute atomic E-state index is 12.3. The Bertz CT molecular complexity index is 764. The van der Waals surface area contributed by atoms with Crippen LogP contribution in [0.3, 0.4) is 0 Å². The minimum absolute atomic E-state index is 0.132. The van der Waals surface area contributed by atoms with Crippen molar-refractivity contribution >= 4 is 19.8 Å². The van der Waals surface area contributed by atoms with Gasteiger partial charge in [-0.3, -0.25) is 9.59 Å². The van der Waals surface area contributed by atoms with E-state index in [1.807, 2.05) is 0 Å². The van der Waals surface area contributed by atoms with Crippen LogP contribution in [0.5, 0.6) is 0 Å². The molecular formula is C44H86O9P+. The molecule has 0 N–H and O–H groups in total. The Morgan fingerprint density at radius 2 is 0.685 bits per heavy atom. The van der Waals surface area contributed by atoms with Gasteiger partial charge in [-0.15, -0.1) is 9.05 Å². The van der Waals surface area contributed by atoms with Gasteiger partial charge in [0, 0.05) is 57.7 Å². The van der Waals surface area contributed by atoms with Gasteiger partial charge >= 0.3 is 8.25 Å². The lowest BCUT2D eigenvalue weighted by atomic mass is 10.0. The van der Waals surface area contributed by atoms with Crippen LogP contribution in [0.1, 0.15) is 206 Å². The third kappa shape index (κ3) is 39.4. The molecule has 0 amide bonds. The summed E-state index contributed by atoms with van der Waals surface area (Å²) in [6.07, 6.45) is 33.2. The number of methoxy groups -OCH3 is 2. The molecule has 0 fully saturated rings. The standard InChI is InChI=1S/C44H86O9P/c1-5-7-9-25-31-41(45)33-27-21-17-13-11-15-19-23-29-35-50-37-43(48-3)39-52-54(47)53-40-44(49-4)38-51-36-30-24-20-16-12-14-18-22-28-34-42(46)32-26-10-8-6-2/h43-44H,5-40H2,1-4H3/q+1. The topological polar surface area (TPSA) is 107 Å². The fraction of sp³-hybridized carbons (Fsp3) is 0.955. The quantitative estimate of drug-likeness (QED) is 0.0440. The number of unbranched alkanes of at least 4 members (excludes halogenated alkanes) is 22. The molecule has 0 saturated carbocycles. The van der Waals surface area contributed by atoms with Gasteiger partial charge in [0.25, 0.3) is 0 Å². The summed E-state index contributed by atoms with van der Waals surface area (Å²) >= 11 is 0. The molecule has 9 nitrogen and oxygen atoms in total. The Morgan fingerprint density at radius 1 is 0.407 bits per heavy atom. The first-order valence-corrected chi connectivity index (χ1v) is 23.5. The highest BCUT2D eigenvalue weighted by molar-refractivity contribution is 7.33. The van der Waals surface area contributed by atoms with Gasteiger partial charge < -0.3 is 18.9 Å². The van der Waals surface area contributed by atoms with E-state index in [2.05, 4.69) is 13.8 Å². The first kappa shape index (κ1) is 53.2. The number of rotatable bonds is 46. The summed E-state index contributed by atoms with van der Waals surface area (Å²) in [6, 6.07) is 0. The van der Waals surface area contributed by atoms with Gasteiger partial charge in [0.05, 0.1) is 13.2 Å². The molecule has 0 aromatic carbocycles. The molecule has 0 bridgehead atoms. The monoisotopic (exact) mass is 790 g/mol. The van der Waals surface area contributed by atoms with E-state index in [-0.39, 0.29) is 25.4 Å². The van der Waals surface area contributed by atoms with Crippen molar-refractivity contribution in [3.8, 4) is 0 Å². The van der Waals surface area contributed by atoms with Gasteiger partial charge in [-0.1, -0.05) is 142 Å². The fourth-order valence-corrected chi connectivity index (χ4v) is 7.05. The van der Waals surface area contributed by atoms with E-state index in [1.54, 1.807) is 14.2 Å². The molecular weight excluding hydrogens is 703 g/mol. The highest BCUT2D eigenvalue weighted by atomic mass is 31.1. The first-order chi connectivity index (χ1) is 26.5. The molecule has 0 heterocycles. The van der Waals surface area contributed by atoms with Crippen LogP contribution in [0.25, 0.3) is 0 Å². The van der Waals surface area contributed by atoms with Crippen molar-refractivity contribution in [1.82, 2.24) is 0 Å². The molecule has 0 aliphatic carbocycles. The summed E-state index contributed by atoms with van der Waals surface area (Å²) in [6.45, 7) is 6.79. The van der Waals surface area contributed by atoms with Crippen LogP contribution < -0.4 is 0 Å². The van der Waals surface area contributed by atoms with Gasteiger partial charge in [-0.2, -0.15) is 0 Å². The average Bonchev–Trinajstić information content (AvgIpc) is 3.17. The number of carbonyl (C=O) groups is 2. The van der Waals surface area contributed by atoms with Crippen molar-refractivity contribution in [1.29, 1.82) is 0 Å². The molecule has 320 valence electrons. The average molecular weight is 790 g/mol. The highest BCUT2D eigenvalue weighted by Gasteiger charge is 2.26. The maximum atomic E-state index is 12.3. The van der Waals surface area contributed by atoms with E-state index in [1.165, 1.54) is 116 Å². The maximum Gasteiger partial charge on any atom is 0.697 e. The van der Waals surface area contributed by atoms with Crippen LogP contribution in [0.2, 0.25) is 0 Å². The molecule has 0 aliphatic heterocycles. The minimum Gasteiger partial charge on any atom is -0.379 e. The van der Waals surface area contributed by atoms with Crippen LogP contribution in [0.15, 0.2) is 0 Å². The Morgan fingerprint density at radius 3 is 0.981 bits per heavy atom. The van der Waals surface area contributed by atoms with E-state index >= 15 is 0 Å². The molecule has 2 unspecified atom stereocenters. The second-order valence-corrected chi connectivity index (χ2v) is 16.2. The molecule has 0 spiro atoms. The Labute approximate surface area is 333 Å². The van der Waals surface area contributed by atoms with E-state index in [0.29, 0.717) is 38.0 Å². The van der Waals surface area contributed by atoms with Crippen molar-refractivity contribution in [3.05, 3.63) is 0 Å². The molecule has 54 heavy (non-hydrogen) atoms. The molecule has 0 aliphatic rings. The van der Waals surface area contributed by atoms with E-state index < -0.39 is 8.25 Å². The van der Waals surface area contributed by atoms with Gasteiger partial charge in [0.2, 0.25) is 0 Å². The number of hydrogen-bond donors (Lipinski definition) is 0. The summed E-state index contributed by atoms with van der Waals surface area (Å²) in [5, 5.41) is 0. The predicted octanol–water partition coefficient (Wildman–Crippen LogP) is 12.6. The van der Waals surface area contributed by atoms with Gasteiger partial charge in [-0.25, -0.2) is 0 Å². The molecule has 0 rings (SSSR count). The summed E-state index contributed by atoms with van der Waals surface area (Å²) in [4.78, 5) is 23.8. The minimum atomic E-state index is -2.29. The molecule has 0 aromatic rings. The van der Waals surface area contributed by atoms with Gasteiger partial charge in [-0.05, 0) is 38.5 Å². The molecule has 0 saturated heterocycles. The summed E-state index contributed by atoms with van der Waals surface area (Å²) in [5.74, 6) is 0.908. The van der Waals surface area contributed by atoms with Crippen LogP contribution in [-0.4, -0.2) is 77.6 Å². The van der Waals surface area contributed by atoms with E-state index in [9.17, 15) is 14.2 Å². The van der Waals surface area contributed by atoms with Crippen molar-refractivity contribution in [3.63, 3.8) is 0 Å². The Hall–Kier alpha value is -0.800. The Balaban J connectivity index is 3.60. The normalized spacial score (nSPS) is 13.0. The summed E-state index contributed by atoms with van der Waals surface area (Å²) < 4.78 is 45.5. The summed E-state index contributed by atoms with van der Waals surface area (Å²) in [5.41, 5.74) is 0. The number of Topliss-reactive ketones (excluding diaryl/α,β-unsaturated/α-hetero) is 2. The van der Waals surface area contributed by atoms with Crippen molar-refractivity contribution < 1.29 is 42.1 Å². The summed E-state index contributed by atoms with van der Waals surface area (Å²) in [7, 11) is 0.902. The molecule has 2 atom stereocenters. The third-order valence-corrected chi connectivity index (χ3v) is 10.8. The van der Waals surface area contributed by atoms with Crippen molar-refractivity contribution in [2.45, 2.75) is 219 Å². The van der Waals surface area contributed by atoms with E-state index in [4.69, 9.17) is 28.0 Å².